The highest BCUT2D eigenvalue weighted by Crippen LogP contribution is 2.35. The molecule has 0 aliphatic rings. The molecule has 0 rings (SSSR count). The van der Waals surface area contributed by atoms with Crippen LogP contribution in [0, 0.1) is 0 Å². The van der Waals surface area contributed by atoms with E-state index in [1.54, 1.807) is 0 Å². The Labute approximate surface area is 163 Å². The maximum atomic E-state index is 13.2. The van der Waals surface area contributed by atoms with Gasteiger partial charge in [-0.1, -0.05) is 84.0 Å². The lowest BCUT2D eigenvalue weighted by atomic mass is 10.0. The highest BCUT2D eigenvalue weighted by atomic mass is 31.2. The van der Waals surface area contributed by atoms with Crippen LogP contribution in [0.3, 0.4) is 0 Å². The quantitative estimate of drug-likeness (QED) is 0.166. The second-order valence-electron chi connectivity index (χ2n) is 7.06. The molecule has 0 amide bonds. The first-order chi connectivity index (χ1) is 12.8. The van der Waals surface area contributed by atoms with E-state index in [0.717, 1.165) is 12.8 Å². The number of esters is 1. The van der Waals surface area contributed by atoms with E-state index in [9.17, 15) is 13.8 Å². The van der Waals surface area contributed by atoms with Crippen molar-refractivity contribution in [3.05, 3.63) is 0 Å². The van der Waals surface area contributed by atoms with E-state index < -0.39 is 33.2 Å². The van der Waals surface area contributed by atoms with Crippen molar-refractivity contribution in [1.29, 1.82) is 0 Å². The van der Waals surface area contributed by atoms with Crippen LogP contribution in [0.1, 0.15) is 96.8 Å². The molecule has 162 valence electrons. The summed E-state index contributed by atoms with van der Waals surface area (Å²) in [6.45, 7) is 0.893. The summed E-state index contributed by atoms with van der Waals surface area (Å²) in [5, 5.41) is 0. The van der Waals surface area contributed by atoms with Gasteiger partial charge in [0.1, 0.15) is 6.61 Å². The zero-order valence-corrected chi connectivity index (χ0v) is 17.6. The molecule has 27 heavy (non-hydrogen) atoms. The van der Waals surface area contributed by atoms with Crippen LogP contribution in [-0.2, 0) is 18.6 Å². The molecule has 0 radical (unpaired) electrons. The van der Waals surface area contributed by atoms with Gasteiger partial charge in [-0.05, 0) is 6.42 Å². The first kappa shape index (κ1) is 26.5. The first-order valence-corrected chi connectivity index (χ1v) is 11.9. The second kappa shape index (κ2) is 17.6. The van der Waals surface area contributed by atoms with E-state index in [1.165, 1.54) is 64.2 Å². The standard InChI is InChI=1S/C19H38FO6P/c1-2-3-4-5-6-7-8-9-10-11-12-13-14-15-19(21)25-16-18(20)17-26-27(22,23)24/h18H,2-17H2,1H3,(H2,22,23,24)/t18-/m1/s1. The van der Waals surface area contributed by atoms with E-state index in [-0.39, 0.29) is 6.42 Å². The predicted molar refractivity (Wildman–Crippen MR) is 104 cm³/mol. The molecular weight excluding hydrogens is 374 g/mol. The van der Waals surface area contributed by atoms with Gasteiger partial charge < -0.3 is 14.5 Å². The number of alkyl halides is 1. The summed E-state index contributed by atoms with van der Waals surface area (Å²) < 4.78 is 32.4. The molecule has 0 aliphatic carbocycles. The van der Waals surface area contributed by atoms with Gasteiger partial charge in [0.15, 0.2) is 6.17 Å². The third-order valence-electron chi connectivity index (χ3n) is 4.33. The van der Waals surface area contributed by atoms with Crippen molar-refractivity contribution in [3.63, 3.8) is 0 Å². The molecule has 0 spiro atoms. The molecule has 2 N–H and O–H groups in total. The predicted octanol–water partition coefficient (Wildman–Crippen LogP) is 5.46. The topological polar surface area (TPSA) is 93.1 Å². The maximum absolute atomic E-state index is 13.2. The van der Waals surface area contributed by atoms with Crippen molar-refractivity contribution >= 4 is 13.8 Å². The van der Waals surface area contributed by atoms with E-state index in [2.05, 4.69) is 11.4 Å². The van der Waals surface area contributed by atoms with Crippen LogP contribution < -0.4 is 0 Å². The van der Waals surface area contributed by atoms with Crippen molar-refractivity contribution in [2.75, 3.05) is 13.2 Å². The summed E-state index contributed by atoms with van der Waals surface area (Å²) in [6.07, 6.45) is 14.3. The highest BCUT2D eigenvalue weighted by molar-refractivity contribution is 7.46. The lowest BCUT2D eigenvalue weighted by molar-refractivity contribution is -0.145. The second-order valence-corrected chi connectivity index (χ2v) is 8.30. The fourth-order valence-electron chi connectivity index (χ4n) is 2.77. The van der Waals surface area contributed by atoms with Gasteiger partial charge in [0.25, 0.3) is 0 Å². The maximum Gasteiger partial charge on any atom is 0.469 e. The Hall–Kier alpha value is -0.490. The zero-order chi connectivity index (χ0) is 20.4. The Bertz CT molecular complexity index is 402. The van der Waals surface area contributed by atoms with Gasteiger partial charge >= 0.3 is 13.8 Å². The van der Waals surface area contributed by atoms with Crippen LogP contribution in [0.2, 0.25) is 0 Å². The lowest BCUT2D eigenvalue weighted by Gasteiger charge is -2.10. The van der Waals surface area contributed by atoms with E-state index in [1.807, 2.05) is 0 Å². The average molecular weight is 412 g/mol. The minimum atomic E-state index is -4.69. The van der Waals surface area contributed by atoms with Crippen LogP contribution in [0.4, 0.5) is 4.39 Å². The molecule has 0 fully saturated rings. The molecule has 0 aromatic heterocycles. The number of phosphoric ester groups is 1. The lowest BCUT2D eigenvalue weighted by Crippen LogP contribution is -2.19. The average Bonchev–Trinajstić information content (AvgIpc) is 2.61. The molecule has 1 atom stereocenters. The molecule has 0 bridgehead atoms. The number of halogens is 1. The third-order valence-corrected chi connectivity index (χ3v) is 4.82. The molecule has 0 saturated carbocycles. The fourth-order valence-corrected chi connectivity index (χ4v) is 3.12. The van der Waals surface area contributed by atoms with Gasteiger partial charge in [-0.2, -0.15) is 0 Å². The van der Waals surface area contributed by atoms with E-state index in [4.69, 9.17) is 14.5 Å². The van der Waals surface area contributed by atoms with Crippen molar-refractivity contribution in [1.82, 2.24) is 0 Å². The summed E-state index contributed by atoms with van der Waals surface area (Å²) in [7, 11) is -4.69. The Morgan fingerprint density at radius 3 is 1.74 bits per heavy atom. The monoisotopic (exact) mass is 412 g/mol. The molecule has 0 aromatic rings. The van der Waals surface area contributed by atoms with Gasteiger partial charge in [-0.25, -0.2) is 8.96 Å². The summed E-state index contributed by atoms with van der Waals surface area (Å²) in [6, 6.07) is 0. The summed E-state index contributed by atoms with van der Waals surface area (Å²) in [4.78, 5) is 28.4. The normalized spacial score (nSPS) is 12.9. The van der Waals surface area contributed by atoms with Crippen molar-refractivity contribution in [3.8, 4) is 0 Å². The molecular formula is C19H38FO6P. The van der Waals surface area contributed by atoms with E-state index in [0.29, 0.717) is 6.42 Å². The van der Waals surface area contributed by atoms with Gasteiger partial charge in [0, 0.05) is 6.42 Å². The van der Waals surface area contributed by atoms with Crippen LogP contribution in [0.5, 0.6) is 0 Å². The van der Waals surface area contributed by atoms with Gasteiger partial charge in [0.05, 0.1) is 6.61 Å². The number of carbonyl (C=O) groups is 1. The smallest absolute Gasteiger partial charge is 0.462 e. The van der Waals surface area contributed by atoms with Gasteiger partial charge in [0.2, 0.25) is 0 Å². The number of ether oxygens (including phenoxy) is 1. The van der Waals surface area contributed by atoms with E-state index >= 15 is 0 Å². The molecule has 0 aromatic carbocycles. The number of unbranched alkanes of at least 4 members (excludes halogenated alkanes) is 12. The van der Waals surface area contributed by atoms with Crippen molar-refractivity contribution < 1.29 is 32.8 Å². The minimum Gasteiger partial charge on any atom is -0.462 e. The first-order valence-electron chi connectivity index (χ1n) is 10.3. The number of rotatable bonds is 19. The zero-order valence-electron chi connectivity index (χ0n) is 16.7. The van der Waals surface area contributed by atoms with Crippen LogP contribution in [-0.4, -0.2) is 35.1 Å². The Morgan fingerprint density at radius 1 is 0.852 bits per heavy atom. The molecule has 0 aliphatic heterocycles. The summed E-state index contributed by atoms with van der Waals surface area (Å²) >= 11 is 0. The number of hydrogen-bond acceptors (Lipinski definition) is 4. The van der Waals surface area contributed by atoms with Gasteiger partial charge in [-0.15, -0.1) is 0 Å². The molecule has 6 nitrogen and oxygen atoms in total. The van der Waals surface area contributed by atoms with Crippen LogP contribution in [0.25, 0.3) is 0 Å². The Balaban J connectivity index is 3.33. The molecule has 0 heterocycles. The van der Waals surface area contributed by atoms with Crippen LogP contribution >= 0.6 is 7.82 Å². The Morgan fingerprint density at radius 2 is 1.30 bits per heavy atom. The minimum absolute atomic E-state index is 0.240. The number of carbonyl (C=O) groups excluding carboxylic acids is 1. The third kappa shape index (κ3) is 21.7. The molecule has 0 saturated heterocycles. The number of hydrogen-bond donors (Lipinski definition) is 2. The summed E-state index contributed by atoms with van der Waals surface area (Å²) in [5.41, 5.74) is 0. The fraction of sp³-hybridized carbons (Fsp3) is 0.947. The highest BCUT2D eigenvalue weighted by Gasteiger charge is 2.19. The van der Waals surface area contributed by atoms with Crippen molar-refractivity contribution in [2.45, 2.75) is 103 Å². The number of phosphoric acid groups is 1. The van der Waals surface area contributed by atoms with Crippen molar-refractivity contribution in [2.24, 2.45) is 0 Å². The largest absolute Gasteiger partial charge is 0.469 e. The molecule has 0 unspecified atom stereocenters. The summed E-state index contributed by atoms with van der Waals surface area (Å²) in [5.74, 6) is -0.489. The van der Waals surface area contributed by atoms with Crippen LogP contribution in [0.15, 0.2) is 0 Å². The SMILES string of the molecule is CCCCCCCCCCCCCCCC(=O)OC[C@@H](F)COP(=O)(O)O. The van der Waals surface area contributed by atoms with Gasteiger partial charge in [-0.3, -0.25) is 9.32 Å². The molecule has 8 heteroatoms. The Kier molecular flexibility index (Phi) is 17.3.